The molecule has 1 amide bonds. The van der Waals surface area contributed by atoms with E-state index >= 15 is 0 Å². The molecule has 0 saturated heterocycles. The van der Waals surface area contributed by atoms with Crippen LogP contribution in [0.3, 0.4) is 0 Å². The quantitative estimate of drug-likeness (QED) is 0.427. The molecule has 0 unspecified atom stereocenters. The van der Waals surface area contributed by atoms with Crippen molar-refractivity contribution < 1.29 is 9.53 Å². The Balaban J connectivity index is 1.50. The van der Waals surface area contributed by atoms with Crippen LogP contribution < -0.4 is 10.1 Å². The Hall–Kier alpha value is -3.12. The van der Waals surface area contributed by atoms with Crippen molar-refractivity contribution in [3.8, 4) is 5.75 Å². The maximum absolute atomic E-state index is 12.4. The fourth-order valence-corrected chi connectivity index (χ4v) is 3.89. The fourth-order valence-electron chi connectivity index (χ4n) is 3.44. The third-order valence-corrected chi connectivity index (χ3v) is 5.44. The molecule has 0 saturated carbocycles. The summed E-state index contributed by atoms with van der Waals surface area (Å²) < 4.78 is 8.41. The number of para-hydroxylation sites is 2. The Morgan fingerprint density at radius 1 is 1.07 bits per heavy atom. The van der Waals surface area contributed by atoms with E-state index in [2.05, 4.69) is 44.0 Å². The first-order valence-electron chi connectivity index (χ1n) is 9.75. The van der Waals surface area contributed by atoms with Crippen LogP contribution in [0.1, 0.15) is 21.7 Å². The SMILES string of the molecule is COc1ccc(C(=O)NCCc2nc3ccccc3n2Cc2cccc(Br)c2)cc1. The zero-order valence-electron chi connectivity index (χ0n) is 16.6. The number of fused-ring (bicyclic) bond motifs is 1. The third-order valence-electron chi connectivity index (χ3n) is 4.95. The van der Waals surface area contributed by atoms with Crippen LogP contribution in [0.15, 0.2) is 77.3 Å². The zero-order chi connectivity index (χ0) is 20.9. The molecule has 0 aliphatic heterocycles. The summed E-state index contributed by atoms with van der Waals surface area (Å²) in [5.74, 6) is 1.58. The van der Waals surface area contributed by atoms with Gasteiger partial charge in [-0.05, 0) is 54.1 Å². The van der Waals surface area contributed by atoms with Gasteiger partial charge in [0.2, 0.25) is 0 Å². The van der Waals surface area contributed by atoms with Gasteiger partial charge in [-0.25, -0.2) is 4.98 Å². The number of hydrogen-bond donors (Lipinski definition) is 1. The molecule has 4 aromatic rings. The highest BCUT2D eigenvalue weighted by molar-refractivity contribution is 9.10. The molecule has 1 N–H and O–H groups in total. The van der Waals surface area contributed by atoms with Crippen LogP contribution in [0.5, 0.6) is 5.75 Å². The van der Waals surface area contributed by atoms with Crippen LogP contribution in [0.25, 0.3) is 11.0 Å². The minimum Gasteiger partial charge on any atom is -0.497 e. The first-order chi connectivity index (χ1) is 14.6. The molecular weight excluding hydrogens is 442 g/mol. The number of rotatable bonds is 7. The average Bonchev–Trinajstić information content (AvgIpc) is 3.11. The summed E-state index contributed by atoms with van der Waals surface area (Å²) in [6.45, 7) is 1.23. The summed E-state index contributed by atoms with van der Waals surface area (Å²) in [6, 6.07) is 23.5. The number of benzene rings is 3. The second-order valence-electron chi connectivity index (χ2n) is 6.97. The number of hydrogen-bond acceptors (Lipinski definition) is 3. The van der Waals surface area contributed by atoms with E-state index in [9.17, 15) is 4.79 Å². The van der Waals surface area contributed by atoms with Gasteiger partial charge in [0, 0.05) is 29.5 Å². The lowest BCUT2D eigenvalue weighted by molar-refractivity contribution is 0.0954. The lowest BCUT2D eigenvalue weighted by Gasteiger charge is -2.11. The van der Waals surface area contributed by atoms with Gasteiger partial charge in [-0.15, -0.1) is 0 Å². The number of nitrogens with zero attached hydrogens (tertiary/aromatic N) is 2. The smallest absolute Gasteiger partial charge is 0.251 e. The summed E-state index contributed by atoms with van der Waals surface area (Å²) in [4.78, 5) is 17.2. The minimum atomic E-state index is -0.104. The van der Waals surface area contributed by atoms with E-state index in [1.54, 1.807) is 31.4 Å². The molecule has 0 radical (unpaired) electrons. The molecular formula is C24H22BrN3O2. The number of ether oxygens (including phenoxy) is 1. The van der Waals surface area contributed by atoms with E-state index in [0.717, 1.165) is 33.6 Å². The molecule has 0 fully saturated rings. The average molecular weight is 464 g/mol. The van der Waals surface area contributed by atoms with Gasteiger partial charge in [-0.1, -0.05) is 40.2 Å². The van der Waals surface area contributed by atoms with Crippen molar-refractivity contribution in [1.29, 1.82) is 0 Å². The first-order valence-corrected chi connectivity index (χ1v) is 10.5. The Labute approximate surface area is 183 Å². The van der Waals surface area contributed by atoms with Crippen LogP contribution in [0.2, 0.25) is 0 Å². The third kappa shape index (κ3) is 4.54. The van der Waals surface area contributed by atoms with Gasteiger partial charge < -0.3 is 14.6 Å². The number of carbonyl (C=O) groups excluding carboxylic acids is 1. The van der Waals surface area contributed by atoms with E-state index in [1.165, 1.54) is 5.56 Å². The van der Waals surface area contributed by atoms with E-state index in [0.29, 0.717) is 18.5 Å². The predicted octanol–water partition coefficient (Wildman–Crippen LogP) is 4.83. The van der Waals surface area contributed by atoms with E-state index in [4.69, 9.17) is 9.72 Å². The Kier molecular flexibility index (Phi) is 6.14. The number of halogens is 1. The predicted molar refractivity (Wildman–Crippen MR) is 122 cm³/mol. The summed E-state index contributed by atoms with van der Waals surface area (Å²) >= 11 is 3.54. The Morgan fingerprint density at radius 3 is 2.63 bits per heavy atom. The highest BCUT2D eigenvalue weighted by atomic mass is 79.9. The van der Waals surface area contributed by atoms with Crippen molar-refractivity contribution in [1.82, 2.24) is 14.9 Å². The molecule has 3 aromatic carbocycles. The monoisotopic (exact) mass is 463 g/mol. The lowest BCUT2D eigenvalue weighted by atomic mass is 10.2. The zero-order valence-corrected chi connectivity index (χ0v) is 18.2. The molecule has 1 heterocycles. The summed E-state index contributed by atoms with van der Waals surface area (Å²) in [5.41, 5.74) is 3.85. The van der Waals surface area contributed by atoms with Crippen molar-refractivity contribution in [2.75, 3.05) is 13.7 Å². The molecule has 4 rings (SSSR count). The van der Waals surface area contributed by atoms with Crippen molar-refractivity contribution in [2.24, 2.45) is 0 Å². The molecule has 30 heavy (non-hydrogen) atoms. The van der Waals surface area contributed by atoms with Gasteiger partial charge in [-0.2, -0.15) is 0 Å². The van der Waals surface area contributed by atoms with Crippen LogP contribution in [0, 0.1) is 0 Å². The van der Waals surface area contributed by atoms with E-state index in [-0.39, 0.29) is 5.91 Å². The molecule has 0 aliphatic carbocycles. The second-order valence-corrected chi connectivity index (χ2v) is 7.88. The Morgan fingerprint density at radius 2 is 1.87 bits per heavy atom. The molecule has 0 bridgehead atoms. The minimum absolute atomic E-state index is 0.104. The highest BCUT2D eigenvalue weighted by Gasteiger charge is 2.12. The van der Waals surface area contributed by atoms with Crippen molar-refractivity contribution >= 4 is 32.9 Å². The molecule has 0 atom stereocenters. The maximum Gasteiger partial charge on any atom is 0.251 e. The van der Waals surface area contributed by atoms with Crippen LogP contribution in [-0.2, 0) is 13.0 Å². The molecule has 0 aliphatic rings. The largest absolute Gasteiger partial charge is 0.497 e. The number of imidazole rings is 1. The second kappa shape index (κ2) is 9.13. The first kappa shape index (κ1) is 20.2. The van der Waals surface area contributed by atoms with Crippen LogP contribution >= 0.6 is 15.9 Å². The fraction of sp³-hybridized carbons (Fsp3) is 0.167. The normalized spacial score (nSPS) is 10.9. The van der Waals surface area contributed by atoms with Gasteiger partial charge >= 0.3 is 0 Å². The Bertz CT molecular complexity index is 1170. The number of amides is 1. The molecule has 152 valence electrons. The van der Waals surface area contributed by atoms with Gasteiger partial charge in [0.1, 0.15) is 11.6 Å². The number of carbonyl (C=O) groups is 1. The van der Waals surface area contributed by atoms with E-state index < -0.39 is 0 Å². The summed E-state index contributed by atoms with van der Waals surface area (Å²) in [6.07, 6.45) is 0.643. The summed E-state index contributed by atoms with van der Waals surface area (Å²) in [7, 11) is 1.61. The van der Waals surface area contributed by atoms with Crippen molar-refractivity contribution in [3.63, 3.8) is 0 Å². The summed E-state index contributed by atoms with van der Waals surface area (Å²) in [5, 5.41) is 2.99. The molecule has 0 spiro atoms. The molecule has 5 nitrogen and oxygen atoms in total. The molecule has 6 heteroatoms. The standard InChI is InChI=1S/C24H22BrN3O2/c1-30-20-11-9-18(10-12-20)24(29)26-14-13-23-27-21-7-2-3-8-22(21)28(23)16-17-5-4-6-19(25)15-17/h2-12,15H,13-14,16H2,1H3,(H,26,29). The number of methoxy groups -OCH3 is 1. The van der Waals surface area contributed by atoms with Gasteiger partial charge in [-0.3, -0.25) is 4.79 Å². The van der Waals surface area contributed by atoms with E-state index in [1.807, 2.05) is 30.3 Å². The maximum atomic E-state index is 12.4. The van der Waals surface area contributed by atoms with Crippen LogP contribution in [-0.4, -0.2) is 29.1 Å². The van der Waals surface area contributed by atoms with Crippen molar-refractivity contribution in [3.05, 3.63) is 94.2 Å². The molecule has 1 aromatic heterocycles. The van der Waals surface area contributed by atoms with Crippen LogP contribution in [0.4, 0.5) is 0 Å². The topological polar surface area (TPSA) is 56.1 Å². The van der Waals surface area contributed by atoms with Crippen molar-refractivity contribution in [2.45, 2.75) is 13.0 Å². The number of nitrogens with one attached hydrogen (secondary N) is 1. The van der Waals surface area contributed by atoms with Gasteiger partial charge in [0.05, 0.1) is 18.1 Å². The van der Waals surface area contributed by atoms with Gasteiger partial charge in [0.15, 0.2) is 0 Å². The number of aromatic nitrogens is 2. The highest BCUT2D eigenvalue weighted by Crippen LogP contribution is 2.20. The lowest BCUT2D eigenvalue weighted by Crippen LogP contribution is -2.26. The van der Waals surface area contributed by atoms with Gasteiger partial charge in [0.25, 0.3) is 5.91 Å².